The second-order valence-electron chi connectivity index (χ2n) is 9.30. The van der Waals surface area contributed by atoms with Gasteiger partial charge in [-0.15, -0.1) is 23.1 Å². The molecule has 6 aromatic rings. The third kappa shape index (κ3) is 4.80. The van der Waals surface area contributed by atoms with Crippen molar-refractivity contribution in [1.29, 1.82) is 0 Å². The normalized spacial score (nSPS) is 11.5. The minimum atomic E-state index is -0.413. The highest BCUT2D eigenvalue weighted by molar-refractivity contribution is 9.10. The van der Waals surface area contributed by atoms with Crippen molar-refractivity contribution >= 4 is 78.0 Å². The smallest absolute Gasteiger partial charge is 0.341 e. The number of carbonyl (C=O) groups excluding carboxylic acids is 2. The number of fused-ring (bicyclic) bond motifs is 4. The number of thiophene rings is 1. The van der Waals surface area contributed by atoms with Crippen LogP contribution in [0.1, 0.15) is 43.6 Å². The van der Waals surface area contributed by atoms with Crippen LogP contribution in [-0.4, -0.2) is 22.8 Å². The number of aromatic nitrogens is 1. The van der Waals surface area contributed by atoms with Crippen molar-refractivity contribution in [1.82, 2.24) is 4.40 Å². The fraction of sp³-hybridized carbons (Fsp3) is 0.125. The summed E-state index contributed by atoms with van der Waals surface area (Å²) >= 11 is 6.60. The fourth-order valence-corrected chi connectivity index (χ4v) is 7.59. The first kappa shape index (κ1) is 25.9. The fourth-order valence-electron chi connectivity index (χ4n) is 4.85. The molecule has 0 fully saturated rings. The molecule has 194 valence electrons. The zero-order valence-corrected chi connectivity index (χ0v) is 24.6. The number of halogens is 1. The molecule has 0 saturated carbocycles. The van der Waals surface area contributed by atoms with Crippen LogP contribution >= 0.6 is 39.0 Å². The molecule has 39 heavy (non-hydrogen) atoms. The molecule has 4 nitrogen and oxygen atoms in total. The first-order chi connectivity index (χ1) is 18.9. The van der Waals surface area contributed by atoms with E-state index in [1.165, 1.54) is 27.7 Å². The van der Waals surface area contributed by atoms with Gasteiger partial charge in [-0.1, -0.05) is 58.4 Å². The summed E-state index contributed by atoms with van der Waals surface area (Å²) in [6.07, 6.45) is 1.98. The van der Waals surface area contributed by atoms with Crippen LogP contribution in [0.3, 0.4) is 0 Å². The van der Waals surface area contributed by atoms with Crippen molar-refractivity contribution in [3.63, 3.8) is 0 Å². The molecular weight excluding hydrogens is 590 g/mol. The predicted octanol–water partition coefficient (Wildman–Crippen LogP) is 9.08. The molecule has 0 saturated heterocycles. The van der Waals surface area contributed by atoms with Crippen LogP contribution in [0.25, 0.3) is 27.2 Å². The van der Waals surface area contributed by atoms with Crippen molar-refractivity contribution in [3.05, 3.63) is 117 Å². The molecule has 6 rings (SSSR count). The average Bonchev–Trinajstić information content (AvgIpc) is 3.47. The Kier molecular flexibility index (Phi) is 7.06. The summed E-state index contributed by atoms with van der Waals surface area (Å²) < 4.78 is 9.44. The van der Waals surface area contributed by atoms with E-state index in [9.17, 15) is 9.59 Å². The van der Waals surface area contributed by atoms with Gasteiger partial charge in [-0.3, -0.25) is 4.79 Å². The third-order valence-electron chi connectivity index (χ3n) is 6.69. The van der Waals surface area contributed by atoms with Crippen LogP contribution in [-0.2, 0) is 10.5 Å². The lowest BCUT2D eigenvalue weighted by Gasteiger charge is -2.06. The van der Waals surface area contributed by atoms with Gasteiger partial charge in [0.15, 0.2) is 0 Å². The van der Waals surface area contributed by atoms with Gasteiger partial charge in [0.25, 0.3) is 0 Å². The summed E-state index contributed by atoms with van der Waals surface area (Å²) in [5, 5.41) is 3.07. The van der Waals surface area contributed by atoms with Crippen molar-refractivity contribution in [2.75, 3.05) is 6.61 Å². The van der Waals surface area contributed by atoms with E-state index >= 15 is 0 Å². The Morgan fingerprint density at radius 2 is 1.74 bits per heavy atom. The first-order valence-corrected chi connectivity index (χ1v) is 15.2. The molecule has 0 aliphatic carbocycles. The number of hydrogen-bond acceptors (Lipinski definition) is 5. The van der Waals surface area contributed by atoms with Crippen LogP contribution in [0.4, 0.5) is 0 Å². The summed E-state index contributed by atoms with van der Waals surface area (Å²) in [4.78, 5) is 27.8. The minimum absolute atomic E-state index is 0.103. The van der Waals surface area contributed by atoms with Gasteiger partial charge in [-0.05, 0) is 72.1 Å². The highest BCUT2D eigenvalue weighted by atomic mass is 79.9. The number of hydrogen-bond donors (Lipinski definition) is 0. The predicted molar refractivity (Wildman–Crippen MR) is 165 cm³/mol. The molecule has 0 aliphatic heterocycles. The second kappa shape index (κ2) is 10.6. The van der Waals surface area contributed by atoms with E-state index < -0.39 is 5.97 Å². The van der Waals surface area contributed by atoms with Crippen molar-refractivity contribution in [2.24, 2.45) is 0 Å². The molecular formula is C32H24BrNO3S2. The monoisotopic (exact) mass is 613 g/mol. The quantitative estimate of drug-likeness (QED) is 0.102. The van der Waals surface area contributed by atoms with E-state index in [0.717, 1.165) is 31.0 Å². The lowest BCUT2D eigenvalue weighted by Crippen LogP contribution is -2.06. The topological polar surface area (TPSA) is 47.8 Å². The Bertz CT molecular complexity index is 1890. The van der Waals surface area contributed by atoms with Gasteiger partial charge in [0.1, 0.15) is 0 Å². The van der Waals surface area contributed by atoms with Gasteiger partial charge in [0, 0.05) is 27.4 Å². The molecule has 7 heteroatoms. The number of pyridine rings is 1. The summed E-state index contributed by atoms with van der Waals surface area (Å²) in [6, 6.07) is 26.2. The highest BCUT2D eigenvalue weighted by Gasteiger charge is 2.29. The maximum Gasteiger partial charge on any atom is 0.341 e. The largest absolute Gasteiger partial charge is 0.462 e. The lowest BCUT2D eigenvalue weighted by atomic mass is 10.1. The van der Waals surface area contributed by atoms with Gasteiger partial charge in [-0.25, -0.2) is 4.79 Å². The number of benzene rings is 3. The van der Waals surface area contributed by atoms with Crippen LogP contribution in [0, 0.1) is 6.92 Å². The molecule has 0 bridgehead atoms. The van der Waals surface area contributed by atoms with Gasteiger partial charge in [0.05, 0.1) is 32.3 Å². The summed E-state index contributed by atoms with van der Waals surface area (Å²) in [7, 11) is 0. The number of rotatable bonds is 7. The molecule has 3 aromatic carbocycles. The number of ketones is 1. The van der Waals surface area contributed by atoms with Gasteiger partial charge in [-0.2, -0.15) is 0 Å². The molecule has 0 radical (unpaired) electrons. The van der Waals surface area contributed by atoms with E-state index in [1.807, 2.05) is 66.1 Å². The summed E-state index contributed by atoms with van der Waals surface area (Å²) in [5.41, 5.74) is 4.89. The molecule has 0 amide bonds. The van der Waals surface area contributed by atoms with E-state index in [0.29, 0.717) is 21.4 Å². The SMILES string of the molecule is CCOC(=O)c1c2c(C(=O)c3ccc(Br)cc3)sc(SCc3ccc4ccccc4c3)c2n2ccc(C)cc12. The van der Waals surface area contributed by atoms with Crippen LogP contribution in [0.15, 0.2) is 93.7 Å². The van der Waals surface area contributed by atoms with Crippen LogP contribution in [0.2, 0.25) is 0 Å². The average molecular weight is 615 g/mol. The second-order valence-corrected chi connectivity index (χ2v) is 12.5. The number of esters is 1. The molecule has 3 heterocycles. The Labute approximate surface area is 242 Å². The number of aryl methyl sites for hydroxylation is 1. The first-order valence-electron chi connectivity index (χ1n) is 12.6. The standard InChI is InChI=1S/C32H24BrNO3S2/c1-3-37-31(36)26-25-16-19(2)14-15-34(25)28-27(26)30(29(35)22-10-12-24(33)13-11-22)39-32(28)38-18-20-8-9-21-6-4-5-7-23(21)17-20/h4-17H,3,18H2,1-2H3. The molecule has 0 atom stereocenters. The Balaban J connectivity index is 1.53. The van der Waals surface area contributed by atoms with Gasteiger partial charge < -0.3 is 9.14 Å². The Morgan fingerprint density at radius 3 is 2.51 bits per heavy atom. The zero-order valence-electron chi connectivity index (χ0n) is 21.4. The number of carbonyl (C=O) groups is 2. The summed E-state index contributed by atoms with van der Waals surface area (Å²) in [5.74, 6) is 0.220. The minimum Gasteiger partial charge on any atom is -0.462 e. The van der Waals surface area contributed by atoms with E-state index in [-0.39, 0.29) is 12.4 Å². The Morgan fingerprint density at radius 1 is 0.974 bits per heavy atom. The van der Waals surface area contributed by atoms with Gasteiger partial charge >= 0.3 is 5.97 Å². The Hall–Kier alpha value is -3.39. The molecule has 3 aromatic heterocycles. The zero-order chi connectivity index (χ0) is 27.1. The van der Waals surface area contributed by atoms with E-state index in [1.54, 1.807) is 18.7 Å². The third-order valence-corrected chi connectivity index (χ3v) is 9.72. The molecule has 0 unspecified atom stereocenters. The maximum absolute atomic E-state index is 13.9. The molecule has 0 N–H and O–H groups in total. The van der Waals surface area contributed by atoms with Crippen molar-refractivity contribution in [2.45, 2.75) is 23.8 Å². The van der Waals surface area contributed by atoms with Crippen LogP contribution < -0.4 is 0 Å². The maximum atomic E-state index is 13.9. The molecule has 0 spiro atoms. The van der Waals surface area contributed by atoms with E-state index in [2.05, 4.69) is 46.3 Å². The lowest BCUT2D eigenvalue weighted by molar-refractivity contribution is 0.0531. The van der Waals surface area contributed by atoms with Gasteiger partial charge in [0.2, 0.25) is 5.78 Å². The molecule has 0 aliphatic rings. The number of nitrogens with zero attached hydrogens (tertiary/aromatic N) is 1. The van der Waals surface area contributed by atoms with E-state index in [4.69, 9.17) is 4.74 Å². The number of thioether (sulfide) groups is 1. The van der Waals surface area contributed by atoms with Crippen molar-refractivity contribution in [3.8, 4) is 0 Å². The van der Waals surface area contributed by atoms with Crippen molar-refractivity contribution < 1.29 is 14.3 Å². The number of ether oxygens (including phenoxy) is 1. The summed E-state index contributed by atoms with van der Waals surface area (Å²) in [6.45, 7) is 4.05. The van der Waals surface area contributed by atoms with Crippen LogP contribution in [0.5, 0.6) is 0 Å². The highest BCUT2D eigenvalue weighted by Crippen LogP contribution is 2.45.